The Morgan fingerprint density at radius 3 is 2.75 bits per heavy atom. The monoisotopic (exact) mass is 288 g/mol. The first-order chi connectivity index (χ1) is 9.60. The molecule has 0 saturated heterocycles. The highest BCUT2D eigenvalue weighted by Gasteiger charge is 2.11. The number of nitriles is 1. The van der Waals surface area contributed by atoms with Crippen LogP contribution >= 0.6 is 11.6 Å². The summed E-state index contributed by atoms with van der Waals surface area (Å²) < 4.78 is 5.50. The summed E-state index contributed by atoms with van der Waals surface area (Å²) in [6.07, 6.45) is 0. The summed E-state index contributed by atoms with van der Waals surface area (Å²) in [5.41, 5.74) is 0.831. The second-order valence-corrected chi connectivity index (χ2v) is 4.40. The highest BCUT2D eigenvalue weighted by Crippen LogP contribution is 2.24. The van der Waals surface area contributed by atoms with Gasteiger partial charge in [-0.2, -0.15) is 5.26 Å². The Bertz CT molecular complexity index is 695. The number of non-ortho nitro benzene ring substituents is 1. The van der Waals surface area contributed by atoms with Gasteiger partial charge in [-0.05, 0) is 23.8 Å². The third-order valence-corrected chi connectivity index (χ3v) is 2.81. The normalized spacial score (nSPS) is 9.80. The SMILES string of the molecule is N#Cc1cc([N+](=O)[O-])ccc1OCc1cccc(Cl)c1. The number of ether oxygens (including phenoxy) is 1. The maximum Gasteiger partial charge on any atom is 0.271 e. The number of nitro benzene ring substituents is 1. The van der Waals surface area contributed by atoms with E-state index in [1.807, 2.05) is 12.1 Å². The Morgan fingerprint density at radius 1 is 1.30 bits per heavy atom. The summed E-state index contributed by atoms with van der Waals surface area (Å²) in [5, 5.41) is 20.2. The Hall–Kier alpha value is -2.58. The molecule has 0 aliphatic heterocycles. The standard InChI is InChI=1S/C14H9ClN2O3/c15-12-3-1-2-10(6-12)9-20-14-5-4-13(17(18)19)7-11(14)8-16/h1-7H,9H2. The maximum atomic E-state index is 10.6. The molecular formula is C14H9ClN2O3. The molecule has 0 N–H and O–H groups in total. The van der Waals surface area contributed by atoms with Gasteiger partial charge in [-0.3, -0.25) is 10.1 Å². The highest BCUT2D eigenvalue weighted by molar-refractivity contribution is 6.30. The molecule has 2 aromatic rings. The quantitative estimate of drug-likeness (QED) is 0.635. The van der Waals surface area contributed by atoms with E-state index in [1.54, 1.807) is 18.2 Å². The molecule has 0 fully saturated rings. The van der Waals surface area contributed by atoms with Crippen LogP contribution in [0.1, 0.15) is 11.1 Å². The van der Waals surface area contributed by atoms with Crippen LogP contribution in [0.25, 0.3) is 0 Å². The molecule has 0 radical (unpaired) electrons. The van der Waals surface area contributed by atoms with E-state index in [1.165, 1.54) is 18.2 Å². The topological polar surface area (TPSA) is 76.2 Å². The van der Waals surface area contributed by atoms with E-state index in [4.69, 9.17) is 21.6 Å². The summed E-state index contributed by atoms with van der Waals surface area (Å²) >= 11 is 5.86. The van der Waals surface area contributed by atoms with Crippen LogP contribution in [0.3, 0.4) is 0 Å². The van der Waals surface area contributed by atoms with Crippen LogP contribution in [-0.2, 0) is 6.61 Å². The van der Waals surface area contributed by atoms with Gasteiger partial charge in [0.2, 0.25) is 0 Å². The van der Waals surface area contributed by atoms with Crippen LogP contribution in [0.5, 0.6) is 5.75 Å². The van der Waals surface area contributed by atoms with Crippen molar-refractivity contribution in [3.8, 4) is 11.8 Å². The number of halogens is 1. The van der Waals surface area contributed by atoms with E-state index in [0.717, 1.165) is 5.56 Å². The van der Waals surface area contributed by atoms with Crippen LogP contribution in [0.4, 0.5) is 5.69 Å². The fraction of sp³-hybridized carbons (Fsp3) is 0.0714. The average Bonchev–Trinajstić information content (AvgIpc) is 2.45. The zero-order chi connectivity index (χ0) is 14.5. The van der Waals surface area contributed by atoms with Gasteiger partial charge in [-0.15, -0.1) is 0 Å². The van der Waals surface area contributed by atoms with Crippen LogP contribution < -0.4 is 4.74 Å². The minimum Gasteiger partial charge on any atom is -0.488 e. The van der Waals surface area contributed by atoms with Gasteiger partial charge in [0.1, 0.15) is 24.0 Å². The van der Waals surface area contributed by atoms with Gasteiger partial charge >= 0.3 is 0 Å². The number of nitro groups is 1. The van der Waals surface area contributed by atoms with Gasteiger partial charge < -0.3 is 4.74 Å². The van der Waals surface area contributed by atoms with Gasteiger partial charge in [0.15, 0.2) is 0 Å². The van der Waals surface area contributed by atoms with E-state index in [9.17, 15) is 10.1 Å². The third kappa shape index (κ3) is 3.25. The van der Waals surface area contributed by atoms with E-state index < -0.39 is 4.92 Å². The molecule has 20 heavy (non-hydrogen) atoms. The number of hydrogen-bond acceptors (Lipinski definition) is 4. The molecule has 0 atom stereocenters. The molecule has 0 aromatic heterocycles. The van der Waals surface area contributed by atoms with Crippen molar-refractivity contribution < 1.29 is 9.66 Å². The molecule has 0 spiro atoms. The number of rotatable bonds is 4. The molecule has 100 valence electrons. The fourth-order valence-electron chi connectivity index (χ4n) is 1.63. The minimum absolute atomic E-state index is 0.126. The van der Waals surface area contributed by atoms with Crippen molar-refractivity contribution in [2.24, 2.45) is 0 Å². The first-order valence-electron chi connectivity index (χ1n) is 5.66. The van der Waals surface area contributed by atoms with Crippen molar-refractivity contribution in [3.05, 3.63) is 68.7 Å². The molecule has 6 heteroatoms. The van der Waals surface area contributed by atoms with Gasteiger partial charge in [0.05, 0.1) is 4.92 Å². The van der Waals surface area contributed by atoms with Crippen molar-refractivity contribution in [3.63, 3.8) is 0 Å². The Balaban J connectivity index is 2.18. The molecule has 0 saturated carbocycles. The van der Waals surface area contributed by atoms with Crippen LogP contribution in [-0.4, -0.2) is 4.92 Å². The Kier molecular flexibility index (Phi) is 4.18. The number of hydrogen-bond donors (Lipinski definition) is 0. The van der Waals surface area contributed by atoms with Crippen molar-refractivity contribution in [1.29, 1.82) is 5.26 Å². The Morgan fingerprint density at radius 2 is 2.10 bits per heavy atom. The number of benzene rings is 2. The first-order valence-corrected chi connectivity index (χ1v) is 6.04. The molecule has 0 heterocycles. The van der Waals surface area contributed by atoms with Gasteiger partial charge in [-0.1, -0.05) is 23.7 Å². The molecular weight excluding hydrogens is 280 g/mol. The largest absolute Gasteiger partial charge is 0.488 e. The van der Waals surface area contributed by atoms with Crippen molar-refractivity contribution in [2.45, 2.75) is 6.61 Å². The van der Waals surface area contributed by atoms with Crippen molar-refractivity contribution >= 4 is 17.3 Å². The molecule has 2 rings (SSSR count). The maximum absolute atomic E-state index is 10.6. The average molecular weight is 289 g/mol. The van der Waals surface area contributed by atoms with Crippen molar-refractivity contribution in [1.82, 2.24) is 0 Å². The van der Waals surface area contributed by atoms with E-state index in [2.05, 4.69) is 0 Å². The lowest BCUT2D eigenvalue weighted by atomic mass is 10.2. The van der Waals surface area contributed by atoms with Crippen molar-refractivity contribution in [2.75, 3.05) is 0 Å². The summed E-state index contributed by atoms with van der Waals surface area (Å²) in [7, 11) is 0. The zero-order valence-electron chi connectivity index (χ0n) is 10.2. The van der Waals surface area contributed by atoms with E-state index in [-0.39, 0.29) is 17.9 Å². The van der Waals surface area contributed by atoms with E-state index in [0.29, 0.717) is 10.8 Å². The van der Waals surface area contributed by atoms with E-state index >= 15 is 0 Å². The van der Waals surface area contributed by atoms with Gasteiger partial charge in [0, 0.05) is 17.2 Å². The second kappa shape index (κ2) is 6.04. The summed E-state index contributed by atoms with van der Waals surface area (Å²) in [5.74, 6) is 0.304. The second-order valence-electron chi connectivity index (χ2n) is 3.97. The van der Waals surface area contributed by atoms with Crippen LogP contribution in [0.2, 0.25) is 5.02 Å². The lowest BCUT2D eigenvalue weighted by Crippen LogP contribution is -1.98. The summed E-state index contributed by atoms with van der Waals surface area (Å²) in [4.78, 5) is 10.1. The first kappa shape index (κ1) is 13.8. The molecule has 0 bridgehead atoms. The predicted octanol–water partition coefficient (Wildman–Crippen LogP) is 3.70. The van der Waals surface area contributed by atoms with Gasteiger partial charge in [0.25, 0.3) is 5.69 Å². The fourth-order valence-corrected chi connectivity index (χ4v) is 1.85. The minimum atomic E-state index is -0.554. The molecule has 0 unspecified atom stereocenters. The highest BCUT2D eigenvalue weighted by atomic mass is 35.5. The zero-order valence-corrected chi connectivity index (χ0v) is 11.0. The molecule has 0 aliphatic carbocycles. The van der Waals surface area contributed by atoms with Crippen LogP contribution in [0, 0.1) is 21.4 Å². The summed E-state index contributed by atoms with van der Waals surface area (Å²) in [6.45, 7) is 0.229. The lowest BCUT2D eigenvalue weighted by molar-refractivity contribution is -0.384. The Labute approximate surface area is 120 Å². The molecule has 2 aromatic carbocycles. The lowest BCUT2D eigenvalue weighted by Gasteiger charge is -2.08. The van der Waals surface area contributed by atoms with Gasteiger partial charge in [-0.25, -0.2) is 0 Å². The number of nitrogens with zero attached hydrogens (tertiary/aromatic N) is 2. The third-order valence-electron chi connectivity index (χ3n) is 2.58. The smallest absolute Gasteiger partial charge is 0.271 e. The molecule has 0 amide bonds. The molecule has 5 nitrogen and oxygen atoms in total. The predicted molar refractivity (Wildman–Crippen MR) is 73.6 cm³/mol. The van der Waals surface area contributed by atoms with Crippen LogP contribution in [0.15, 0.2) is 42.5 Å². The summed E-state index contributed by atoms with van der Waals surface area (Å²) in [6, 6.07) is 12.9. The molecule has 0 aliphatic rings.